The van der Waals surface area contributed by atoms with E-state index >= 15 is 0 Å². The van der Waals surface area contributed by atoms with Crippen LogP contribution in [0.5, 0.6) is 0 Å². The molecule has 20 heavy (non-hydrogen) atoms. The second kappa shape index (κ2) is 5.03. The van der Waals surface area contributed by atoms with Crippen molar-refractivity contribution in [1.29, 1.82) is 0 Å². The van der Waals surface area contributed by atoms with Gasteiger partial charge in [0, 0.05) is 18.6 Å². The average molecular weight is 309 g/mol. The van der Waals surface area contributed by atoms with Gasteiger partial charge in [-0.25, -0.2) is 15.0 Å². The molecule has 0 aliphatic carbocycles. The molecule has 3 heterocycles. The molecule has 3 aromatic heterocycles. The third-order valence-corrected chi connectivity index (χ3v) is 2.87. The van der Waals surface area contributed by atoms with Crippen LogP contribution in [0, 0.1) is 0 Å². The minimum Gasteiger partial charge on any atom is -0.382 e. The minimum atomic E-state index is 0.137. The van der Waals surface area contributed by atoms with Gasteiger partial charge in [0.25, 0.3) is 5.89 Å². The lowest BCUT2D eigenvalue weighted by Crippen LogP contribution is -1.96. The standard InChI is InChI=1S/C11H6Cl2N6O/c12-5-3-6(13)7(17-4-5)10-18-11(20-19-10)8-9(14)16-2-1-15-8/h1-4H,(H2,14,16). The lowest BCUT2D eigenvalue weighted by atomic mass is 10.3. The van der Waals surface area contributed by atoms with Crippen molar-refractivity contribution in [3.05, 3.63) is 34.7 Å². The van der Waals surface area contributed by atoms with Crippen molar-refractivity contribution in [1.82, 2.24) is 25.1 Å². The molecule has 0 atom stereocenters. The maximum Gasteiger partial charge on any atom is 0.280 e. The zero-order valence-electron chi connectivity index (χ0n) is 9.79. The van der Waals surface area contributed by atoms with E-state index in [1.807, 2.05) is 0 Å². The molecule has 0 aromatic carbocycles. The molecule has 0 amide bonds. The second-order valence-electron chi connectivity index (χ2n) is 3.70. The highest BCUT2D eigenvalue weighted by Gasteiger charge is 2.17. The van der Waals surface area contributed by atoms with Crippen LogP contribution >= 0.6 is 23.2 Å². The summed E-state index contributed by atoms with van der Waals surface area (Å²) in [6.45, 7) is 0. The molecule has 3 aromatic rings. The Hall–Kier alpha value is -2.25. The molecule has 0 saturated carbocycles. The Bertz CT molecular complexity index is 775. The Labute approximate surface area is 122 Å². The predicted molar refractivity (Wildman–Crippen MR) is 73.0 cm³/mol. The SMILES string of the molecule is Nc1nccnc1-c1nc(-c2ncc(Cl)cc2Cl)no1. The molecule has 0 aliphatic heterocycles. The Kier molecular flexibility index (Phi) is 3.21. The molecule has 7 nitrogen and oxygen atoms in total. The minimum absolute atomic E-state index is 0.137. The second-order valence-corrected chi connectivity index (χ2v) is 4.54. The van der Waals surface area contributed by atoms with Crippen LogP contribution in [-0.4, -0.2) is 25.1 Å². The van der Waals surface area contributed by atoms with E-state index in [0.29, 0.717) is 21.4 Å². The zero-order chi connectivity index (χ0) is 14.1. The number of hydrogen-bond acceptors (Lipinski definition) is 7. The first-order chi connectivity index (χ1) is 9.65. The van der Waals surface area contributed by atoms with E-state index in [0.717, 1.165) is 0 Å². The molecule has 0 bridgehead atoms. The highest BCUT2D eigenvalue weighted by Crippen LogP contribution is 2.28. The number of halogens is 2. The summed E-state index contributed by atoms with van der Waals surface area (Å²) in [6, 6.07) is 1.54. The van der Waals surface area contributed by atoms with Gasteiger partial charge in [0.15, 0.2) is 11.5 Å². The summed E-state index contributed by atoms with van der Waals surface area (Å²) < 4.78 is 5.10. The van der Waals surface area contributed by atoms with Crippen LogP contribution in [0.3, 0.4) is 0 Å². The molecule has 0 spiro atoms. The maximum absolute atomic E-state index is 6.03. The van der Waals surface area contributed by atoms with Gasteiger partial charge < -0.3 is 10.3 Å². The molecule has 9 heteroatoms. The van der Waals surface area contributed by atoms with Gasteiger partial charge >= 0.3 is 0 Å². The molecule has 0 saturated heterocycles. The number of rotatable bonds is 2. The fourth-order valence-electron chi connectivity index (χ4n) is 1.51. The lowest BCUT2D eigenvalue weighted by Gasteiger charge is -1.97. The quantitative estimate of drug-likeness (QED) is 0.775. The van der Waals surface area contributed by atoms with E-state index in [9.17, 15) is 0 Å². The zero-order valence-corrected chi connectivity index (χ0v) is 11.3. The van der Waals surface area contributed by atoms with Gasteiger partial charge in [-0.05, 0) is 6.07 Å². The summed E-state index contributed by atoms with van der Waals surface area (Å²) in [6.07, 6.45) is 4.38. The number of pyridine rings is 1. The van der Waals surface area contributed by atoms with Gasteiger partial charge in [0.2, 0.25) is 5.82 Å². The molecule has 100 valence electrons. The average Bonchev–Trinajstić information content (AvgIpc) is 2.88. The number of aromatic nitrogens is 5. The van der Waals surface area contributed by atoms with Gasteiger partial charge in [-0.1, -0.05) is 28.4 Å². The predicted octanol–water partition coefficient (Wildman–Crippen LogP) is 2.48. The lowest BCUT2D eigenvalue weighted by molar-refractivity contribution is 0.431. The van der Waals surface area contributed by atoms with E-state index in [4.69, 9.17) is 33.5 Å². The van der Waals surface area contributed by atoms with Gasteiger partial charge in [0.1, 0.15) is 5.69 Å². The highest BCUT2D eigenvalue weighted by molar-refractivity contribution is 6.35. The first-order valence-electron chi connectivity index (χ1n) is 5.37. The molecule has 0 radical (unpaired) electrons. The number of hydrogen-bond donors (Lipinski definition) is 1. The highest BCUT2D eigenvalue weighted by atomic mass is 35.5. The topological polar surface area (TPSA) is 104 Å². The van der Waals surface area contributed by atoms with E-state index < -0.39 is 0 Å². The van der Waals surface area contributed by atoms with Crippen LogP contribution in [0.4, 0.5) is 5.82 Å². The first-order valence-corrected chi connectivity index (χ1v) is 6.12. The maximum atomic E-state index is 6.03. The van der Waals surface area contributed by atoms with Crippen LogP contribution in [0.1, 0.15) is 0 Å². The largest absolute Gasteiger partial charge is 0.382 e. The smallest absolute Gasteiger partial charge is 0.280 e. The van der Waals surface area contributed by atoms with Crippen molar-refractivity contribution in [2.75, 3.05) is 5.73 Å². The Morgan fingerprint density at radius 1 is 1.05 bits per heavy atom. The number of nitrogen functional groups attached to an aromatic ring is 1. The van der Waals surface area contributed by atoms with Crippen molar-refractivity contribution < 1.29 is 4.52 Å². The third kappa shape index (κ3) is 2.28. The van der Waals surface area contributed by atoms with Crippen molar-refractivity contribution in [3.63, 3.8) is 0 Å². The van der Waals surface area contributed by atoms with Crippen molar-refractivity contribution >= 4 is 29.0 Å². The summed E-state index contributed by atoms with van der Waals surface area (Å²) in [4.78, 5) is 16.1. The molecular formula is C11H6Cl2N6O. The Balaban J connectivity index is 2.04. The van der Waals surface area contributed by atoms with Crippen molar-refractivity contribution in [2.24, 2.45) is 0 Å². The normalized spacial score (nSPS) is 10.7. The van der Waals surface area contributed by atoms with E-state index in [-0.39, 0.29) is 17.5 Å². The van der Waals surface area contributed by atoms with Crippen LogP contribution in [0.15, 0.2) is 29.2 Å². The van der Waals surface area contributed by atoms with E-state index in [2.05, 4.69) is 25.1 Å². The fraction of sp³-hybridized carbons (Fsp3) is 0. The number of nitrogens with zero attached hydrogens (tertiary/aromatic N) is 5. The fourth-order valence-corrected chi connectivity index (χ4v) is 1.97. The molecule has 0 fully saturated rings. The van der Waals surface area contributed by atoms with E-state index in [1.165, 1.54) is 24.7 Å². The number of nitrogens with two attached hydrogens (primary N) is 1. The first kappa shape index (κ1) is 12.8. The summed E-state index contributed by atoms with van der Waals surface area (Å²) in [5.74, 6) is 0.544. The summed E-state index contributed by atoms with van der Waals surface area (Å²) >= 11 is 11.8. The van der Waals surface area contributed by atoms with Crippen LogP contribution in [0.2, 0.25) is 10.0 Å². The molecule has 0 unspecified atom stereocenters. The summed E-state index contributed by atoms with van der Waals surface area (Å²) in [5, 5.41) is 4.53. The van der Waals surface area contributed by atoms with Gasteiger partial charge in [-0.3, -0.25) is 0 Å². The van der Waals surface area contributed by atoms with Crippen LogP contribution in [0.25, 0.3) is 23.1 Å². The van der Waals surface area contributed by atoms with Crippen molar-refractivity contribution in [3.8, 4) is 23.1 Å². The monoisotopic (exact) mass is 308 g/mol. The van der Waals surface area contributed by atoms with Crippen molar-refractivity contribution in [2.45, 2.75) is 0 Å². The molecule has 0 aliphatic rings. The van der Waals surface area contributed by atoms with Crippen LogP contribution < -0.4 is 5.73 Å². The molecule has 2 N–H and O–H groups in total. The summed E-state index contributed by atoms with van der Waals surface area (Å²) in [5.41, 5.74) is 6.35. The van der Waals surface area contributed by atoms with Gasteiger partial charge in [-0.2, -0.15) is 4.98 Å². The Morgan fingerprint density at radius 3 is 2.60 bits per heavy atom. The number of anilines is 1. The van der Waals surface area contributed by atoms with E-state index in [1.54, 1.807) is 0 Å². The molecular weight excluding hydrogens is 303 g/mol. The van der Waals surface area contributed by atoms with Gasteiger partial charge in [0.05, 0.1) is 10.0 Å². The third-order valence-electron chi connectivity index (χ3n) is 2.37. The van der Waals surface area contributed by atoms with Crippen LogP contribution in [-0.2, 0) is 0 Å². The molecule has 3 rings (SSSR count). The van der Waals surface area contributed by atoms with Gasteiger partial charge in [-0.15, -0.1) is 0 Å². The summed E-state index contributed by atoms with van der Waals surface area (Å²) in [7, 11) is 0. The Morgan fingerprint density at radius 2 is 1.85 bits per heavy atom.